The third-order valence-corrected chi connectivity index (χ3v) is 4.66. The van der Waals surface area contributed by atoms with Crippen molar-refractivity contribution in [2.45, 2.75) is 33.4 Å². The Morgan fingerprint density at radius 2 is 1.93 bits per heavy atom. The van der Waals surface area contributed by atoms with Crippen molar-refractivity contribution in [1.29, 1.82) is 0 Å². The number of nitro groups is 1. The maximum absolute atomic E-state index is 13.0. The molecule has 156 valence electrons. The van der Waals surface area contributed by atoms with Crippen LogP contribution in [-0.2, 0) is 6.54 Å². The minimum Gasteiger partial charge on any atom is -0.497 e. The van der Waals surface area contributed by atoms with Crippen molar-refractivity contribution in [3.05, 3.63) is 69.6 Å². The van der Waals surface area contributed by atoms with Gasteiger partial charge in [-0.05, 0) is 51.1 Å². The molecule has 0 fully saturated rings. The van der Waals surface area contributed by atoms with Gasteiger partial charge in [0, 0.05) is 28.8 Å². The van der Waals surface area contributed by atoms with Crippen molar-refractivity contribution < 1.29 is 19.0 Å². The molecule has 0 N–H and O–H groups in total. The topological polar surface area (TPSA) is 112 Å². The van der Waals surface area contributed by atoms with E-state index in [9.17, 15) is 14.9 Å². The second-order valence-electron chi connectivity index (χ2n) is 7.03. The van der Waals surface area contributed by atoms with Crippen molar-refractivity contribution in [1.82, 2.24) is 15.0 Å². The van der Waals surface area contributed by atoms with Crippen LogP contribution in [0.4, 0.5) is 5.69 Å². The van der Waals surface area contributed by atoms with E-state index in [4.69, 9.17) is 9.26 Å². The summed E-state index contributed by atoms with van der Waals surface area (Å²) >= 11 is 0. The first kappa shape index (κ1) is 21.0. The smallest absolute Gasteiger partial charge is 0.273 e. The van der Waals surface area contributed by atoms with E-state index in [1.54, 1.807) is 38.3 Å². The summed E-state index contributed by atoms with van der Waals surface area (Å²) in [6.07, 6.45) is 0. The molecule has 9 heteroatoms. The van der Waals surface area contributed by atoms with Crippen molar-refractivity contribution in [2.75, 3.05) is 7.11 Å². The maximum Gasteiger partial charge on any atom is 0.273 e. The predicted octanol–water partition coefficient (Wildman–Crippen LogP) is 4.01. The molecule has 0 bridgehead atoms. The number of amides is 1. The number of hydrogen-bond acceptors (Lipinski definition) is 7. The van der Waals surface area contributed by atoms with E-state index >= 15 is 0 Å². The van der Waals surface area contributed by atoms with Crippen LogP contribution in [0.3, 0.4) is 0 Å². The van der Waals surface area contributed by atoms with Gasteiger partial charge in [-0.2, -0.15) is 4.98 Å². The lowest BCUT2D eigenvalue weighted by Gasteiger charge is -2.25. The monoisotopic (exact) mass is 410 g/mol. The molecule has 0 saturated heterocycles. The average Bonchev–Trinajstić information content (AvgIpc) is 3.20. The van der Waals surface area contributed by atoms with Gasteiger partial charge in [-0.15, -0.1) is 0 Å². The minimum absolute atomic E-state index is 0.0847. The quantitative estimate of drug-likeness (QED) is 0.427. The van der Waals surface area contributed by atoms with Crippen LogP contribution >= 0.6 is 0 Å². The van der Waals surface area contributed by atoms with Crippen LogP contribution in [0.5, 0.6) is 5.75 Å². The van der Waals surface area contributed by atoms with Gasteiger partial charge in [0.1, 0.15) is 12.3 Å². The van der Waals surface area contributed by atoms with E-state index in [0.717, 1.165) is 5.56 Å². The van der Waals surface area contributed by atoms with Crippen LogP contribution < -0.4 is 4.74 Å². The summed E-state index contributed by atoms with van der Waals surface area (Å²) in [7, 11) is 1.58. The van der Waals surface area contributed by atoms with E-state index in [1.807, 2.05) is 26.0 Å². The molecule has 30 heavy (non-hydrogen) atoms. The molecule has 0 aliphatic carbocycles. The van der Waals surface area contributed by atoms with Crippen molar-refractivity contribution >= 4 is 11.6 Å². The number of aryl methyl sites for hydroxylation is 1. The Morgan fingerprint density at radius 1 is 1.23 bits per heavy atom. The van der Waals surface area contributed by atoms with Crippen LogP contribution in [0.2, 0.25) is 0 Å². The molecule has 0 aliphatic rings. The molecule has 3 rings (SSSR count). The largest absolute Gasteiger partial charge is 0.497 e. The number of methoxy groups -OCH3 is 1. The number of carbonyl (C=O) groups excluding carboxylic acids is 1. The van der Waals surface area contributed by atoms with Crippen LogP contribution in [-0.4, -0.2) is 39.0 Å². The molecule has 1 amide bonds. The normalized spacial score (nSPS) is 10.8. The first-order valence-electron chi connectivity index (χ1n) is 9.33. The number of benzene rings is 2. The number of carbonyl (C=O) groups is 1. The second-order valence-corrected chi connectivity index (χ2v) is 7.03. The zero-order chi connectivity index (χ0) is 21.8. The van der Waals surface area contributed by atoms with Gasteiger partial charge in [0.25, 0.3) is 11.6 Å². The van der Waals surface area contributed by atoms with Crippen LogP contribution in [0.15, 0.2) is 47.0 Å². The standard InChI is InChI=1S/C21H22N4O5/c1-13(2)24(21(26)16-6-5-14(3)18(11-16)25(27)28)12-19-22-20(23-30-19)15-7-9-17(29-4)10-8-15/h5-11,13H,12H2,1-4H3. The maximum atomic E-state index is 13.0. The highest BCUT2D eigenvalue weighted by molar-refractivity contribution is 5.95. The Hall–Kier alpha value is -3.75. The fourth-order valence-corrected chi connectivity index (χ4v) is 2.92. The summed E-state index contributed by atoms with van der Waals surface area (Å²) < 4.78 is 10.5. The zero-order valence-corrected chi connectivity index (χ0v) is 17.2. The second kappa shape index (κ2) is 8.73. The number of nitro benzene ring substituents is 1. The third kappa shape index (κ3) is 4.45. The Morgan fingerprint density at radius 3 is 2.53 bits per heavy atom. The van der Waals surface area contributed by atoms with Gasteiger partial charge in [-0.3, -0.25) is 14.9 Å². The highest BCUT2D eigenvalue weighted by atomic mass is 16.6. The molecule has 2 aromatic carbocycles. The highest BCUT2D eigenvalue weighted by Gasteiger charge is 2.24. The number of nitrogens with zero attached hydrogens (tertiary/aromatic N) is 4. The van der Waals surface area contributed by atoms with Gasteiger partial charge in [0.05, 0.1) is 12.0 Å². The summed E-state index contributed by atoms with van der Waals surface area (Å²) in [5.41, 5.74) is 1.39. The lowest BCUT2D eigenvalue weighted by atomic mass is 10.1. The molecule has 0 atom stereocenters. The van der Waals surface area contributed by atoms with Crippen molar-refractivity contribution in [3.63, 3.8) is 0 Å². The molecule has 3 aromatic rings. The summed E-state index contributed by atoms with van der Waals surface area (Å²) in [6, 6.07) is 11.5. The van der Waals surface area contributed by atoms with Crippen LogP contribution in [0.25, 0.3) is 11.4 Å². The molecular formula is C21H22N4O5. The van der Waals surface area contributed by atoms with Gasteiger partial charge in [-0.1, -0.05) is 11.2 Å². The van der Waals surface area contributed by atoms with Gasteiger partial charge in [0.15, 0.2) is 0 Å². The number of rotatable bonds is 7. The SMILES string of the molecule is COc1ccc(-c2noc(CN(C(=O)c3ccc(C)c([N+](=O)[O-])c3)C(C)C)n2)cc1. The summed E-state index contributed by atoms with van der Waals surface area (Å²) in [5, 5.41) is 15.2. The minimum atomic E-state index is -0.495. The molecule has 9 nitrogen and oxygen atoms in total. The van der Waals surface area contributed by atoms with Crippen molar-refractivity contribution in [3.8, 4) is 17.1 Å². The van der Waals surface area contributed by atoms with Crippen LogP contribution in [0, 0.1) is 17.0 Å². The van der Waals surface area contributed by atoms with E-state index in [2.05, 4.69) is 10.1 Å². The first-order chi connectivity index (χ1) is 14.3. The van der Waals surface area contributed by atoms with E-state index < -0.39 is 4.92 Å². The average molecular weight is 410 g/mol. The molecule has 0 saturated carbocycles. The summed E-state index contributed by atoms with van der Waals surface area (Å²) in [4.78, 5) is 29.6. The van der Waals surface area contributed by atoms with E-state index in [0.29, 0.717) is 17.1 Å². The van der Waals surface area contributed by atoms with E-state index in [-0.39, 0.29) is 35.6 Å². The van der Waals surface area contributed by atoms with Crippen LogP contribution in [0.1, 0.15) is 35.7 Å². The fourth-order valence-electron chi connectivity index (χ4n) is 2.92. The Bertz CT molecular complexity index is 1060. The predicted molar refractivity (Wildman–Crippen MR) is 109 cm³/mol. The molecule has 1 aromatic heterocycles. The van der Waals surface area contributed by atoms with Gasteiger partial charge in [-0.25, -0.2) is 0 Å². The van der Waals surface area contributed by atoms with Gasteiger partial charge >= 0.3 is 0 Å². The molecular weight excluding hydrogens is 388 g/mol. The fraction of sp³-hybridized carbons (Fsp3) is 0.286. The van der Waals surface area contributed by atoms with Gasteiger partial charge < -0.3 is 14.2 Å². The van der Waals surface area contributed by atoms with Crippen molar-refractivity contribution in [2.24, 2.45) is 0 Å². The third-order valence-electron chi connectivity index (χ3n) is 4.66. The Labute approximate surface area is 173 Å². The number of aromatic nitrogens is 2. The lowest BCUT2D eigenvalue weighted by Crippen LogP contribution is -2.36. The molecule has 0 aliphatic heterocycles. The first-order valence-corrected chi connectivity index (χ1v) is 9.33. The molecule has 1 heterocycles. The number of hydrogen-bond donors (Lipinski definition) is 0. The Kier molecular flexibility index (Phi) is 6.10. The van der Waals surface area contributed by atoms with E-state index in [1.165, 1.54) is 11.0 Å². The Balaban J connectivity index is 1.82. The molecule has 0 spiro atoms. The highest BCUT2D eigenvalue weighted by Crippen LogP contribution is 2.23. The summed E-state index contributed by atoms with van der Waals surface area (Å²) in [5.74, 6) is 1.03. The molecule has 0 unspecified atom stereocenters. The number of ether oxygens (including phenoxy) is 1. The molecule has 0 radical (unpaired) electrons. The zero-order valence-electron chi connectivity index (χ0n) is 17.2. The lowest BCUT2D eigenvalue weighted by molar-refractivity contribution is -0.385. The van der Waals surface area contributed by atoms with Gasteiger partial charge in [0.2, 0.25) is 11.7 Å². The summed E-state index contributed by atoms with van der Waals surface area (Å²) in [6.45, 7) is 5.41.